The fraction of sp³-hybridized carbons (Fsp3) is 0.263. The Kier molecular flexibility index (Phi) is 4.88. The summed E-state index contributed by atoms with van der Waals surface area (Å²) < 4.78 is 7.42. The van der Waals surface area contributed by atoms with Crippen LogP contribution >= 0.6 is 0 Å². The Bertz CT molecular complexity index is 852. The molecule has 0 aliphatic carbocycles. The summed E-state index contributed by atoms with van der Waals surface area (Å²) in [7, 11) is 0. The van der Waals surface area contributed by atoms with Crippen molar-refractivity contribution in [2.75, 3.05) is 11.9 Å². The molecule has 25 heavy (non-hydrogen) atoms. The van der Waals surface area contributed by atoms with Gasteiger partial charge in [-0.3, -0.25) is 4.68 Å². The van der Waals surface area contributed by atoms with Crippen LogP contribution < -0.4 is 10.6 Å². The molecular weight excluding hydrogens is 316 g/mol. The minimum Gasteiger partial charge on any atom is -0.467 e. The summed E-state index contributed by atoms with van der Waals surface area (Å²) in [6.45, 7) is 6.29. The molecule has 6 nitrogen and oxygen atoms in total. The van der Waals surface area contributed by atoms with Gasteiger partial charge in [0, 0.05) is 17.9 Å². The maximum atomic E-state index is 12.2. The van der Waals surface area contributed by atoms with Crippen LogP contribution in [0.5, 0.6) is 0 Å². The number of hydrogen-bond acceptors (Lipinski definition) is 3. The molecule has 1 atom stereocenters. The van der Waals surface area contributed by atoms with E-state index in [0.29, 0.717) is 6.54 Å². The molecule has 0 saturated carbocycles. The molecule has 0 saturated heterocycles. The molecule has 130 valence electrons. The van der Waals surface area contributed by atoms with Gasteiger partial charge in [-0.05, 0) is 56.7 Å². The Hall–Kier alpha value is -3.02. The van der Waals surface area contributed by atoms with Crippen molar-refractivity contribution in [3.63, 3.8) is 0 Å². The molecule has 1 aromatic carbocycles. The van der Waals surface area contributed by atoms with E-state index in [-0.39, 0.29) is 12.1 Å². The molecule has 1 unspecified atom stereocenters. The second-order valence-electron chi connectivity index (χ2n) is 6.11. The van der Waals surface area contributed by atoms with E-state index in [0.717, 1.165) is 28.4 Å². The predicted molar refractivity (Wildman–Crippen MR) is 96.7 cm³/mol. The predicted octanol–water partition coefficient (Wildman–Crippen LogP) is 3.81. The van der Waals surface area contributed by atoms with E-state index in [2.05, 4.69) is 15.7 Å². The molecule has 0 radical (unpaired) electrons. The molecule has 2 N–H and O–H groups in total. The number of amides is 2. The maximum Gasteiger partial charge on any atom is 0.319 e. The molecule has 0 spiro atoms. The lowest BCUT2D eigenvalue weighted by atomic mass is 10.2. The Morgan fingerprint density at radius 3 is 2.68 bits per heavy atom. The van der Waals surface area contributed by atoms with Crippen LogP contribution in [0, 0.1) is 20.8 Å². The lowest BCUT2D eigenvalue weighted by Crippen LogP contribution is -2.35. The minimum atomic E-state index is -0.260. The first-order chi connectivity index (χ1) is 12.0. The highest BCUT2D eigenvalue weighted by Crippen LogP contribution is 2.20. The lowest BCUT2D eigenvalue weighted by molar-refractivity contribution is 0.249. The van der Waals surface area contributed by atoms with E-state index >= 15 is 0 Å². The number of rotatable bonds is 5. The minimum absolute atomic E-state index is 0.202. The fourth-order valence-corrected chi connectivity index (χ4v) is 2.84. The van der Waals surface area contributed by atoms with Gasteiger partial charge in [0.05, 0.1) is 12.0 Å². The summed E-state index contributed by atoms with van der Waals surface area (Å²) in [5.41, 5.74) is 3.80. The molecule has 3 rings (SSSR count). The van der Waals surface area contributed by atoms with Crippen molar-refractivity contribution >= 4 is 11.7 Å². The van der Waals surface area contributed by atoms with Gasteiger partial charge in [-0.1, -0.05) is 12.1 Å². The van der Waals surface area contributed by atoms with E-state index in [1.54, 1.807) is 6.26 Å². The van der Waals surface area contributed by atoms with Gasteiger partial charge in [-0.15, -0.1) is 0 Å². The maximum absolute atomic E-state index is 12.2. The van der Waals surface area contributed by atoms with Crippen LogP contribution in [0.15, 0.2) is 53.1 Å². The quantitative estimate of drug-likeness (QED) is 0.743. The molecule has 0 bridgehead atoms. The average molecular weight is 338 g/mol. The Morgan fingerprint density at radius 2 is 2.04 bits per heavy atom. The largest absolute Gasteiger partial charge is 0.467 e. The Balaban J connectivity index is 1.71. The summed E-state index contributed by atoms with van der Waals surface area (Å²) in [5.74, 6) is 0.752. The molecule has 2 heterocycles. The number of aromatic nitrogens is 2. The van der Waals surface area contributed by atoms with Crippen LogP contribution in [0.25, 0.3) is 0 Å². The molecule has 2 amide bonds. The van der Waals surface area contributed by atoms with E-state index in [1.807, 2.05) is 67.9 Å². The molecule has 2 aromatic heterocycles. The van der Waals surface area contributed by atoms with Gasteiger partial charge >= 0.3 is 6.03 Å². The van der Waals surface area contributed by atoms with E-state index in [9.17, 15) is 4.79 Å². The van der Waals surface area contributed by atoms with Crippen molar-refractivity contribution in [3.05, 3.63) is 71.4 Å². The highest BCUT2D eigenvalue weighted by molar-refractivity contribution is 5.89. The van der Waals surface area contributed by atoms with Gasteiger partial charge in [0.25, 0.3) is 0 Å². The third kappa shape index (κ3) is 4.09. The van der Waals surface area contributed by atoms with Crippen LogP contribution in [-0.2, 0) is 0 Å². The number of urea groups is 1. The Morgan fingerprint density at radius 1 is 1.20 bits per heavy atom. The van der Waals surface area contributed by atoms with Crippen LogP contribution in [0.3, 0.4) is 0 Å². The zero-order chi connectivity index (χ0) is 17.8. The monoisotopic (exact) mass is 338 g/mol. The first-order valence-electron chi connectivity index (χ1n) is 8.20. The number of nitrogens with zero attached hydrogens (tertiary/aromatic N) is 2. The first-order valence-corrected chi connectivity index (χ1v) is 8.20. The number of hydrogen-bond donors (Lipinski definition) is 2. The zero-order valence-corrected chi connectivity index (χ0v) is 14.6. The van der Waals surface area contributed by atoms with Crippen molar-refractivity contribution < 1.29 is 9.21 Å². The highest BCUT2D eigenvalue weighted by Gasteiger charge is 2.20. The van der Waals surface area contributed by atoms with Gasteiger partial charge in [-0.25, -0.2) is 4.79 Å². The van der Waals surface area contributed by atoms with Crippen LogP contribution in [0.1, 0.15) is 28.8 Å². The van der Waals surface area contributed by atoms with Crippen molar-refractivity contribution in [1.82, 2.24) is 15.1 Å². The first kappa shape index (κ1) is 16.8. The van der Waals surface area contributed by atoms with Crippen molar-refractivity contribution in [1.29, 1.82) is 0 Å². The van der Waals surface area contributed by atoms with Crippen LogP contribution in [0.2, 0.25) is 0 Å². The SMILES string of the molecule is Cc1cccc(NC(=O)NCC(c2ccco2)n2nc(C)cc2C)c1. The average Bonchev–Trinajstić information content (AvgIpc) is 3.18. The number of carbonyl (C=O) groups excluding carboxylic acids is 1. The molecule has 6 heteroatoms. The van der Waals surface area contributed by atoms with E-state index in [1.165, 1.54) is 0 Å². The van der Waals surface area contributed by atoms with Gasteiger partial charge < -0.3 is 15.1 Å². The molecule has 0 aliphatic heterocycles. The van der Waals surface area contributed by atoms with Gasteiger partial charge in [-0.2, -0.15) is 5.10 Å². The number of nitrogens with one attached hydrogen (secondary N) is 2. The summed E-state index contributed by atoms with van der Waals surface area (Å²) in [6, 6.07) is 12.9. The lowest BCUT2D eigenvalue weighted by Gasteiger charge is -2.18. The smallest absolute Gasteiger partial charge is 0.319 e. The third-order valence-corrected chi connectivity index (χ3v) is 3.94. The topological polar surface area (TPSA) is 72.1 Å². The molecule has 0 fully saturated rings. The fourth-order valence-electron chi connectivity index (χ4n) is 2.84. The summed E-state index contributed by atoms with van der Waals surface area (Å²) >= 11 is 0. The standard InChI is InChI=1S/C19H22N4O2/c1-13-6-4-7-16(10-13)21-19(24)20-12-17(18-8-5-9-25-18)23-15(3)11-14(2)22-23/h4-11,17H,12H2,1-3H3,(H2,20,21,24). The zero-order valence-electron chi connectivity index (χ0n) is 14.6. The summed E-state index contributed by atoms with van der Waals surface area (Å²) in [6.07, 6.45) is 1.63. The Labute approximate surface area is 146 Å². The third-order valence-electron chi connectivity index (χ3n) is 3.94. The van der Waals surface area contributed by atoms with Gasteiger partial charge in [0.15, 0.2) is 0 Å². The number of carbonyl (C=O) groups is 1. The number of aryl methyl sites for hydroxylation is 3. The number of furan rings is 1. The second kappa shape index (κ2) is 7.25. The van der Waals surface area contributed by atoms with Crippen molar-refractivity contribution in [2.24, 2.45) is 0 Å². The van der Waals surface area contributed by atoms with E-state index in [4.69, 9.17) is 4.42 Å². The molecule has 0 aliphatic rings. The second-order valence-corrected chi connectivity index (χ2v) is 6.11. The molecular formula is C19H22N4O2. The highest BCUT2D eigenvalue weighted by atomic mass is 16.3. The van der Waals surface area contributed by atoms with Crippen molar-refractivity contribution in [3.8, 4) is 0 Å². The number of benzene rings is 1. The van der Waals surface area contributed by atoms with Crippen LogP contribution in [0.4, 0.5) is 10.5 Å². The van der Waals surface area contributed by atoms with E-state index < -0.39 is 0 Å². The normalized spacial score (nSPS) is 12.0. The van der Waals surface area contributed by atoms with Gasteiger partial charge in [0.1, 0.15) is 11.8 Å². The van der Waals surface area contributed by atoms with Crippen LogP contribution in [-0.4, -0.2) is 22.4 Å². The number of anilines is 1. The molecule has 3 aromatic rings. The van der Waals surface area contributed by atoms with Crippen molar-refractivity contribution in [2.45, 2.75) is 26.8 Å². The summed E-state index contributed by atoms with van der Waals surface area (Å²) in [5, 5.41) is 10.3. The summed E-state index contributed by atoms with van der Waals surface area (Å²) in [4.78, 5) is 12.2. The van der Waals surface area contributed by atoms with Gasteiger partial charge in [0.2, 0.25) is 0 Å².